The Hall–Kier alpha value is -7.09. The van der Waals surface area contributed by atoms with Crippen LogP contribution in [0, 0.1) is 23.0 Å². The van der Waals surface area contributed by atoms with Gasteiger partial charge in [-0.05, 0) is 113 Å². The number of nitrogens with one attached hydrogen (secondary N) is 3. The molecular formula is C53H57ClF2N13O6P. The van der Waals surface area contributed by atoms with Gasteiger partial charge in [0, 0.05) is 75.9 Å². The van der Waals surface area contributed by atoms with E-state index in [-0.39, 0.29) is 57.6 Å². The van der Waals surface area contributed by atoms with Crippen molar-refractivity contribution in [1.82, 2.24) is 44.8 Å². The van der Waals surface area contributed by atoms with Crippen LogP contribution in [0.4, 0.5) is 43.3 Å². The minimum Gasteiger partial charge on any atom is -0.492 e. The molecule has 4 fully saturated rings. The van der Waals surface area contributed by atoms with Crippen LogP contribution in [0.15, 0.2) is 61.3 Å². The molecule has 1 atom stereocenters. The quantitative estimate of drug-likeness (QED) is 0.0800. The fraction of sp³-hybridized carbons (Fsp3) is 0.415. The molecule has 6 aromatic rings. The minimum absolute atomic E-state index is 0.00424. The third-order valence-corrected chi connectivity index (χ3v) is 17.7. The van der Waals surface area contributed by atoms with Gasteiger partial charge >= 0.3 is 0 Å². The van der Waals surface area contributed by atoms with E-state index in [2.05, 4.69) is 50.8 Å². The second-order valence-corrected chi connectivity index (χ2v) is 24.5. The van der Waals surface area contributed by atoms with E-state index in [1.54, 1.807) is 48.7 Å². The van der Waals surface area contributed by atoms with Crippen molar-refractivity contribution in [3.8, 4) is 16.9 Å². The van der Waals surface area contributed by atoms with E-state index in [0.717, 1.165) is 74.7 Å². The molecule has 11 rings (SSSR count). The van der Waals surface area contributed by atoms with Crippen LogP contribution < -0.4 is 35.8 Å². The minimum atomic E-state index is -2.90. The van der Waals surface area contributed by atoms with Crippen LogP contribution in [0.2, 0.25) is 5.02 Å². The van der Waals surface area contributed by atoms with E-state index in [4.69, 9.17) is 16.3 Å². The monoisotopic (exact) mass is 1080 g/mol. The number of anilines is 6. The first-order valence-corrected chi connectivity index (χ1v) is 28.5. The Bertz CT molecular complexity index is 3380. The van der Waals surface area contributed by atoms with Gasteiger partial charge in [-0.1, -0.05) is 11.6 Å². The average molecular weight is 1080 g/mol. The van der Waals surface area contributed by atoms with Gasteiger partial charge in [0.05, 0.1) is 64.2 Å². The van der Waals surface area contributed by atoms with Crippen molar-refractivity contribution in [3.05, 3.63) is 89.1 Å². The normalized spacial score (nSPS) is 19.4. The molecule has 76 heavy (non-hydrogen) atoms. The number of hydrogen-bond acceptors (Lipinski definition) is 16. The van der Waals surface area contributed by atoms with Gasteiger partial charge in [-0.3, -0.25) is 44.0 Å². The summed E-state index contributed by atoms with van der Waals surface area (Å²) < 4.78 is 54.1. The van der Waals surface area contributed by atoms with Gasteiger partial charge in [0.25, 0.3) is 11.8 Å². The Kier molecular flexibility index (Phi) is 13.5. The van der Waals surface area contributed by atoms with Crippen LogP contribution in [-0.4, -0.2) is 135 Å². The number of benzene rings is 3. The number of carbonyl (C=O) groups is 4. The molecule has 1 unspecified atom stereocenters. The number of fused-ring (bicyclic) bond motifs is 2. The molecule has 0 saturated carbocycles. The fourth-order valence-corrected chi connectivity index (χ4v) is 13.3. The molecule has 4 amide bonds. The number of aromatic nitrogens is 6. The molecular weight excluding hydrogens is 1020 g/mol. The van der Waals surface area contributed by atoms with Crippen LogP contribution in [0.5, 0.6) is 5.75 Å². The average Bonchev–Trinajstić information content (AvgIpc) is 3.95. The molecule has 5 aliphatic heterocycles. The summed E-state index contributed by atoms with van der Waals surface area (Å²) in [5.41, 5.74) is 4.05. The van der Waals surface area contributed by atoms with Crippen LogP contribution >= 0.6 is 18.7 Å². The number of carbonyl (C=O) groups excluding carboxylic acids is 4. The van der Waals surface area contributed by atoms with Crippen molar-refractivity contribution in [2.75, 3.05) is 86.7 Å². The topological polar surface area (TPSA) is 213 Å². The largest absolute Gasteiger partial charge is 0.492 e. The van der Waals surface area contributed by atoms with Gasteiger partial charge in [-0.2, -0.15) is 10.1 Å². The second-order valence-electron chi connectivity index (χ2n) is 21.0. The molecule has 4 saturated heterocycles. The molecule has 0 bridgehead atoms. The molecule has 3 N–H and O–H groups in total. The summed E-state index contributed by atoms with van der Waals surface area (Å²) in [6.07, 6.45) is 13.7. The molecule has 23 heteroatoms. The first-order valence-electron chi connectivity index (χ1n) is 25.5. The third-order valence-electron chi connectivity index (χ3n) is 15.8. The number of amides is 4. The number of ether oxygens (including phenoxy) is 1. The van der Waals surface area contributed by atoms with Crippen molar-refractivity contribution in [3.63, 3.8) is 0 Å². The highest BCUT2D eigenvalue weighted by molar-refractivity contribution is 7.71. The zero-order chi connectivity index (χ0) is 53.2. The number of aryl methyl sites for hydroxylation is 1. The van der Waals surface area contributed by atoms with Gasteiger partial charge in [0.2, 0.25) is 17.8 Å². The lowest BCUT2D eigenvalue weighted by molar-refractivity contribution is -0.136. The Morgan fingerprint density at radius 2 is 1.55 bits per heavy atom. The molecule has 0 radical (unpaired) electrons. The zero-order valence-corrected chi connectivity index (χ0v) is 44.2. The van der Waals surface area contributed by atoms with Crippen molar-refractivity contribution < 1.29 is 37.3 Å². The molecule has 19 nitrogen and oxygen atoms in total. The summed E-state index contributed by atoms with van der Waals surface area (Å²) in [5.74, 6) is -2.95. The lowest BCUT2D eigenvalue weighted by Gasteiger charge is -2.48. The zero-order valence-electron chi connectivity index (χ0n) is 42.5. The van der Waals surface area contributed by atoms with Gasteiger partial charge in [0.15, 0.2) is 17.4 Å². The van der Waals surface area contributed by atoms with Crippen LogP contribution in [0.1, 0.15) is 72.1 Å². The first kappa shape index (κ1) is 51.0. The SMILES string of the molecule is COc1c(Nc2ncc(Cl)c(Nc3ccc4nccnc4c3P(C)(C)=O)n2)cc(-c2cnn(C)c2)c(N2CCC3(CCN(CC4CCN(c5cc6c(cc5F)C(=O)N(C5CCC(=O)NC5=O)C6=O)CC4)CC3)CC2)c1F. The number of piperidine rings is 4. The number of rotatable bonds is 12. The standard InChI is InChI=1S/C53H57ClF2N13O6P/c1-65-29-31(26-60-65)32-24-39(62-52-59-27-35(54)48(64-52)61-38-6-5-37-44(58-16-15-57-37)47(38)76(3,4)74)46(75-2)43(56)45(32)68-21-13-53(14-22-68)11-19-66(20-12-53)28-30-9-17-67(18-10-30)41-25-34-33(23-36(41)55)50(72)69(51(34)73)40-7-8-42(70)63-49(40)71/h5-6,15-16,23-27,29-30,40H,7-14,17-22,28H2,1-4H3,(H,63,70,71)(H2,59,61,62,64). The second kappa shape index (κ2) is 20.1. The summed E-state index contributed by atoms with van der Waals surface area (Å²) in [4.78, 5) is 76.4. The molecule has 3 aromatic heterocycles. The molecule has 396 valence electrons. The van der Waals surface area contributed by atoms with Crippen LogP contribution in [0.25, 0.3) is 22.2 Å². The predicted molar refractivity (Wildman–Crippen MR) is 285 cm³/mol. The van der Waals surface area contributed by atoms with E-state index in [0.29, 0.717) is 71.1 Å². The number of nitrogens with zero attached hydrogens (tertiary/aromatic N) is 10. The summed E-state index contributed by atoms with van der Waals surface area (Å²) in [7, 11) is 0.344. The fourth-order valence-electron chi connectivity index (χ4n) is 11.8. The van der Waals surface area contributed by atoms with Crippen molar-refractivity contribution in [1.29, 1.82) is 0 Å². The predicted octanol–water partition coefficient (Wildman–Crippen LogP) is 7.50. The maximum Gasteiger partial charge on any atom is 0.262 e. The molecule has 0 aliphatic carbocycles. The summed E-state index contributed by atoms with van der Waals surface area (Å²) in [6, 6.07) is 6.80. The van der Waals surface area contributed by atoms with Crippen LogP contribution in [0.3, 0.4) is 0 Å². The maximum absolute atomic E-state index is 17.3. The number of hydrogen-bond donors (Lipinski definition) is 3. The molecule has 1 spiro atoms. The Morgan fingerprint density at radius 3 is 2.24 bits per heavy atom. The van der Waals surface area contributed by atoms with E-state index in [9.17, 15) is 23.7 Å². The van der Waals surface area contributed by atoms with Crippen molar-refractivity contribution in [2.24, 2.45) is 18.4 Å². The van der Waals surface area contributed by atoms with E-state index in [1.165, 1.54) is 19.4 Å². The van der Waals surface area contributed by atoms with Gasteiger partial charge in [-0.15, -0.1) is 0 Å². The summed E-state index contributed by atoms with van der Waals surface area (Å²) >= 11 is 6.65. The molecule has 5 aliphatic rings. The van der Waals surface area contributed by atoms with Gasteiger partial charge in [-0.25, -0.2) is 13.8 Å². The Balaban J connectivity index is 0.735. The smallest absolute Gasteiger partial charge is 0.262 e. The number of imide groups is 2. The highest BCUT2D eigenvalue weighted by Gasteiger charge is 2.46. The van der Waals surface area contributed by atoms with Crippen molar-refractivity contribution in [2.45, 2.75) is 57.4 Å². The number of methoxy groups -OCH3 is 1. The lowest BCUT2D eigenvalue weighted by Crippen LogP contribution is -2.54. The third kappa shape index (κ3) is 9.61. The van der Waals surface area contributed by atoms with E-state index >= 15 is 8.78 Å². The van der Waals surface area contributed by atoms with E-state index < -0.39 is 48.4 Å². The first-order chi connectivity index (χ1) is 36.5. The summed E-state index contributed by atoms with van der Waals surface area (Å²) in [6.45, 7) is 8.62. The Labute approximate surface area is 442 Å². The molecule has 3 aromatic carbocycles. The highest BCUT2D eigenvalue weighted by atomic mass is 35.5. The molecule has 8 heterocycles. The van der Waals surface area contributed by atoms with Gasteiger partial charge in [0.1, 0.15) is 29.5 Å². The van der Waals surface area contributed by atoms with Gasteiger partial charge < -0.3 is 34.6 Å². The highest BCUT2D eigenvalue weighted by Crippen LogP contribution is 2.48. The Morgan fingerprint density at radius 1 is 0.842 bits per heavy atom. The number of likely N-dealkylation sites (tertiary alicyclic amines) is 1. The van der Waals surface area contributed by atoms with Crippen LogP contribution in [-0.2, 0) is 21.2 Å². The number of halogens is 3. The summed E-state index contributed by atoms with van der Waals surface area (Å²) in [5, 5.41) is 13.7. The van der Waals surface area contributed by atoms with Crippen molar-refractivity contribution >= 4 is 93.2 Å². The van der Waals surface area contributed by atoms with E-state index in [1.807, 2.05) is 24.2 Å². The lowest BCUT2D eigenvalue weighted by atomic mass is 9.71. The maximum atomic E-state index is 17.3.